The number of benzene rings is 2. The van der Waals surface area contributed by atoms with Gasteiger partial charge in [0.25, 0.3) is 0 Å². The molecule has 148 valence electrons. The molecule has 0 bridgehead atoms. The number of hydrogen-bond acceptors (Lipinski definition) is 4. The van der Waals surface area contributed by atoms with E-state index < -0.39 is 6.17 Å². The summed E-state index contributed by atoms with van der Waals surface area (Å²) in [7, 11) is 1.91. The van der Waals surface area contributed by atoms with Crippen LogP contribution in [0.15, 0.2) is 54.3 Å². The van der Waals surface area contributed by atoms with E-state index in [1.54, 1.807) is 16.0 Å². The predicted octanol–water partition coefficient (Wildman–Crippen LogP) is 5.33. The molecule has 4 aromatic rings. The van der Waals surface area contributed by atoms with Gasteiger partial charge in [0.2, 0.25) is 0 Å². The molecular weight excluding hydrogens is 383 g/mol. The smallest absolute Gasteiger partial charge is 0.138 e. The summed E-state index contributed by atoms with van der Waals surface area (Å²) in [6.07, 6.45) is 3.71. The molecule has 0 fully saturated rings. The van der Waals surface area contributed by atoms with Crippen LogP contribution >= 0.6 is 11.3 Å². The molecule has 0 aliphatic carbocycles. The van der Waals surface area contributed by atoms with Crippen molar-refractivity contribution in [1.82, 2.24) is 19.7 Å². The number of aryl methyl sites for hydroxylation is 1. The molecule has 2 aromatic carbocycles. The van der Waals surface area contributed by atoms with E-state index in [2.05, 4.69) is 46.2 Å². The molecule has 0 amide bonds. The van der Waals surface area contributed by atoms with E-state index >= 15 is 4.39 Å². The summed E-state index contributed by atoms with van der Waals surface area (Å²) in [4.78, 5) is 6.68. The Morgan fingerprint density at radius 2 is 2.07 bits per heavy atom. The van der Waals surface area contributed by atoms with Crippen molar-refractivity contribution in [2.75, 3.05) is 13.1 Å². The van der Waals surface area contributed by atoms with Gasteiger partial charge in [-0.1, -0.05) is 24.3 Å². The molecule has 5 rings (SSSR count). The third-order valence-electron chi connectivity index (χ3n) is 5.97. The highest BCUT2D eigenvalue weighted by Crippen LogP contribution is 2.34. The molecule has 4 nitrogen and oxygen atoms in total. The highest BCUT2D eigenvalue weighted by atomic mass is 32.1. The van der Waals surface area contributed by atoms with Crippen molar-refractivity contribution < 1.29 is 4.39 Å². The van der Waals surface area contributed by atoms with Crippen LogP contribution in [-0.4, -0.2) is 32.8 Å². The average molecular weight is 407 g/mol. The number of alkyl halides is 1. The van der Waals surface area contributed by atoms with Gasteiger partial charge in [-0.15, -0.1) is 11.3 Å². The normalized spacial score (nSPS) is 18.5. The van der Waals surface area contributed by atoms with Crippen LogP contribution in [0, 0.1) is 0 Å². The molecule has 2 aromatic heterocycles. The Balaban J connectivity index is 1.40. The SMILES string of the molecule is CC(c1ccc2scnc2c1)N1CCc2cc(-c3cnn(C)c3)ccc2[C@@H](F)C1. The van der Waals surface area contributed by atoms with Crippen LogP contribution in [0.5, 0.6) is 0 Å². The van der Waals surface area contributed by atoms with Crippen molar-refractivity contribution in [2.24, 2.45) is 7.05 Å². The molecule has 3 heterocycles. The Bertz CT molecular complexity index is 1160. The lowest BCUT2D eigenvalue weighted by atomic mass is 9.97. The zero-order valence-corrected chi connectivity index (χ0v) is 17.4. The first kappa shape index (κ1) is 18.5. The fourth-order valence-electron chi connectivity index (χ4n) is 4.23. The second kappa shape index (κ2) is 7.35. The fourth-order valence-corrected chi connectivity index (χ4v) is 4.89. The van der Waals surface area contributed by atoms with Crippen molar-refractivity contribution in [2.45, 2.75) is 25.6 Å². The lowest BCUT2D eigenvalue weighted by molar-refractivity contribution is 0.161. The lowest BCUT2D eigenvalue weighted by Gasteiger charge is -2.28. The second-order valence-corrected chi connectivity index (χ2v) is 8.67. The number of rotatable bonds is 3. The zero-order valence-electron chi connectivity index (χ0n) is 16.5. The quantitative estimate of drug-likeness (QED) is 0.461. The van der Waals surface area contributed by atoms with Gasteiger partial charge < -0.3 is 0 Å². The molecule has 0 saturated carbocycles. The maximum absolute atomic E-state index is 15.2. The van der Waals surface area contributed by atoms with Crippen LogP contribution in [-0.2, 0) is 13.5 Å². The summed E-state index contributed by atoms with van der Waals surface area (Å²) < 4.78 is 18.2. The lowest BCUT2D eigenvalue weighted by Crippen LogP contribution is -2.30. The Morgan fingerprint density at radius 3 is 2.90 bits per heavy atom. The fraction of sp³-hybridized carbons (Fsp3) is 0.304. The average Bonchev–Trinajstić information content (AvgIpc) is 3.34. The maximum Gasteiger partial charge on any atom is 0.138 e. The van der Waals surface area contributed by atoms with E-state index in [4.69, 9.17) is 0 Å². The summed E-state index contributed by atoms with van der Waals surface area (Å²) in [5, 5.41) is 4.26. The van der Waals surface area contributed by atoms with Gasteiger partial charge in [-0.3, -0.25) is 9.58 Å². The van der Waals surface area contributed by atoms with Gasteiger partial charge >= 0.3 is 0 Å². The van der Waals surface area contributed by atoms with E-state index in [0.29, 0.717) is 6.54 Å². The van der Waals surface area contributed by atoms with Gasteiger partial charge in [0.1, 0.15) is 6.17 Å². The van der Waals surface area contributed by atoms with Crippen LogP contribution in [0.25, 0.3) is 21.3 Å². The summed E-state index contributed by atoms with van der Waals surface area (Å²) in [6, 6.07) is 12.7. The van der Waals surface area contributed by atoms with Crippen molar-refractivity contribution in [3.05, 3.63) is 71.0 Å². The third kappa shape index (κ3) is 3.47. The molecule has 1 aliphatic heterocycles. The highest BCUT2D eigenvalue weighted by molar-refractivity contribution is 7.16. The monoisotopic (exact) mass is 406 g/mol. The summed E-state index contributed by atoms with van der Waals surface area (Å²) in [5.41, 5.74) is 8.18. The molecule has 6 heteroatoms. The van der Waals surface area contributed by atoms with E-state index in [9.17, 15) is 0 Å². The first-order chi connectivity index (χ1) is 14.1. The number of nitrogens with zero attached hydrogens (tertiary/aromatic N) is 4. The van der Waals surface area contributed by atoms with E-state index in [1.807, 2.05) is 37.1 Å². The molecule has 29 heavy (non-hydrogen) atoms. The molecule has 1 unspecified atom stereocenters. The van der Waals surface area contributed by atoms with Crippen molar-refractivity contribution in [1.29, 1.82) is 0 Å². The van der Waals surface area contributed by atoms with Crippen molar-refractivity contribution in [3.8, 4) is 11.1 Å². The summed E-state index contributed by atoms with van der Waals surface area (Å²) in [6.45, 7) is 3.41. The molecule has 1 aliphatic rings. The van der Waals surface area contributed by atoms with Crippen molar-refractivity contribution >= 4 is 21.6 Å². The number of aromatic nitrogens is 3. The van der Waals surface area contributed by atoms with Crippen LogP contribution < -0.4 is 0 Å². The summed E-state index contributed by atoms with van der Waals surface area (Å²) >= 11 is 1.65. The first-order valence-corrected chi connectivity index (χ1v) is 10.8. The topological polar surface area (TPSA) is 34.0 Å². The Labute approximate surface area is 173 Å². The molecule has 0 spiro atoms. The zero-order chi connectivity index (χ0) is 20.0. The predicted molar refractivity (Wildman–Crippen MR) is 116 cm³/mol. The number of hydrogen-bond donors (Lipinski definition) is 0. The van der Waals surface area contributed by atoms with Crippen molar-refractivity contribution in [3.63, 3.8) is 0 Å². The maximum atomic E-state index is 15.2. The van der Waals surface area contributed by atoms with E-state index in [-0.39, 0.29) is 6.04 Å². The van der Waals surface area contributed by atoms with Crippen LogP contribution in [0.2, 0.25) is 0 Å². The number of halogens is 1. The molecule has 0 radical (unpaired) electrons. The van der Waals surface area contributed by atoms with Gasteiger partial charge in [-0.2, -0.15) is 5.10 Å². The summed E-state index contributed by atoms with van der Waals surface area (Å²) in [5.74, 6) is 0. The minimum atomic E-state index is -0.985. The van der Waals surface area contributed by atoms with Crippen LogP contribution in [0.4, 0.5) is 4.39 Å². The number of thiazole rings is 1. The minimum absolute atomic E-state index is 0.145. The van der Waals surface area contributed by atoms with Gasteiger partial charge in [0.15, 0.2) is 0 Å². The Morgan fingerprint density at radius 1 is 1.17 bits per heavy atom. The van der Waals surface area contributed by atoms with Gasteiger partial charge in [-0.05, 0) is 47.7 Å². The second-order valence-electron chi connectivity index (χ2n) is 7.78. The molecule has 2 atom stereocenters. The Hall–Kier alpha value is -2.57. The van der Waals surface area contributed by atoms with Gasteiger partial charge in [-0.25, -0.2) is 9.37 Å². The first-order valence-electron chi connectivity index (χ1n) is 9.91. The van der Waals surface area contributed by atoms with Crippen LogP contribution in [0.1, 0.15) is 35.8 Å². The van der Waals surface area contributed by atoms with E-state index in [1.165, 1.54) is 10.3 Å². The largest absolute Gasteiger partial charge is 0.293 e. The molecular formula is C23H23FN4S. The minimum Gasteiger partial charge on any atom is -0.293 e. The third-order valence-corrected chi connectivity index (χ3v) is 6.78. The van der Waals surface area contributed by atoms with E-state index in [0.717, 1.165) is 40.7 Å². The van der Waals surface area contributed by atoms with Crippen LogP contribution in [0.3, 0.4) is 0 Å². The molecule has 0 N–H and O–H groups in total. The van der Waals surface area contributed by atoms with Gasteiger partial charge in [0.05, 0.1) is 21.9 Å². The van der Waals surface area contributed by atoms with Gasteiger partial charge in [0, 0.05) is 37.9 Å². The standard InChI is InChI=1S/C23H23FN4S/c1-15(16-4-6-23-22(10-16)25-14-29-23)28-8-7-18-9-17(19-11-26-27(2)12-19)3-5-20(18)21(24)13-28/h3-6,9-12,14-15,21H,7-8,13H2,1-2H3/t15?,21-/m0/s1. The number of fused-ring (bicyclic) bond motifs is 2. The Kier molecular flexibility index (Phi) is 4.68. The molecule has 0 saturated heterocycles. The highest BCUT2D eigenvalue weighted by Gasteiger charge is 2.26.